The number of hydrogen-bond acceptors (Lipinski definition) is 4. The molecule has 0 radical (unpaired) electrons. The van der Waals surface area contributed by atoms with Crippen LogP contribution in [0.3, 0.4) is 0 Å². The topological polar surface area (TPSA) is 63.5 Å². The van der Waals surface area contributed by atoms with E-state index in [2.05, 4.69) is 23.6 Å². The molecule has 2 N–H and O–H groups in total. The summed E-state index contributed by atoms with van der Waals surface area (Å²) in [6.45, 7) is 4.30. The number of carbonyl (C=O) groups is 1. The number of carbonyl (C=O) groups excluding carboxylic acids is 1. The van der Waals surface area contributed by atoms with E-state index in [1.807, 2.05) is 24.3 Å². The third-order valence-corrected chi connectivity index (χ3v) is 4.13. The molecule has 0 aliphatic heterocycles. The van der Waals surface area contributed by atoms with Gasteiger partial charge >= 0.3 is 0 Å². The van der Waals surface area contributed by atoms with Crippen LogP contribution < -0.4 is 15.4 Å². The molecule has 2 unspecified atom stereocenters. The number of amides is 1. The lowest BCUT2D eigenvalue weighted by Gasteiger charge is -2.12. The standard InChI is InChI=1S/C18H22N2O3/c1-11-8-15(11)17-7-5-14(23-17)10-19-16-9-13(20-12(2)21)4-6-18(16)22-3/h4-7,9,11,15,19H,8,10H2,1-3H3,(H,20,21). The van der Waals surface area contributed by atoms with Crippen LogP contribution in [0, 0.1) is 5.92 Å². The first-order valence-electron chi connectivity index (χ1n) is 7.85. The molecule has 1 aliphatic carbocycles. The second kappa shape index (κ2) is 6.36. The third-order valence-electron chi connectivity index (χ3n) is 4.13. The number of hydrogen-bond donors (Lipinski definition) is 2. The lowest BCUT2D eigenvalue weighted by Crippen LogP contribution is -2.07. The van der Waals surface area contributed by atoms with Crippen LogP contribution in [0.4, 0.5) is 11.4 Å². The van der Waals surface area contributed by atoms with E-state index in [0.29, 0.717) is 12.5 Å². The minimum Gasteiger partial charge on any atom is -0.495 e. The number of rotatable bonds is 6. The summed E-state index contributed by atoms with van der Waals surface area (Å²) in [5.41, 5.74) is 1.55. The fourth-order valence-corrected chi connectivity index (χ4v) is 2.72. The summed E-state index contributed by atoms with van der Waals surface area (Å²) < 4.78 is 11.3. The Bertz CT molecular complexity index is 708. The quantitative estimate of drug-likeness (QED) is 0.846. The molecule has 0 saturated heterocycles. The molecule has 5 nitrogen and oxygen atoms in total. The van der Waals surface area contributed by atoms with Crippen molar-refractivity contribution in [3.63, 3.8) is 0 Å². The number of anilines is 2. The van der Waals surface area contributed by atoms with Crippen LogP contribution in [0.25, 0.3) is 0 Å². The molecule has 1 heterocycles. The van der Waals surface area contributed by atoms with Gasteiger partial charge in [-0.3, -0.25) is 4.79 Å². The molecule has 1 aromatic heterocycles. The molecule has 122 valence electrons. The molecule has 2 atom stereocenters. The first kappa shape index (κ1) is 15.5. The third kappa shape index (κ3) is 3.67. The monoisotopic (exact) mass is 314 g/mol. The maximum absolute atomic E-state index is 11.2. The van der Waals surface area contributed by atoms with Gasteiger partial charge in [-0.2, -0.15) is 0 Å². The Morgan fingerprint density at radius 3 is 2.78 bits per heavy atom. The van der Waals surface area contributed by atoms with E-state index in [-0.39, 0.29) is 5.91 Å². The van der Waals surface area contributed by atoms with Crippen LogP contribution in [0.2, 0.25) is 0 Å². The number of benzene rings is 1. The molecular weight excluding hydrogens is 292 g/mol. The highest BCUT2D eigenvalue weighted by Crippen LogP contribution is 2.47. The summed E-state index contributed by atoms with van der Waals surface area (Å²) in [5.74, 6) is 3.91. The Balaban J connectivity index is 1.68. The van der Waals surface area contributed by atoms with Gasteiger partial charge in [-0.25, -0.2) is 0 Å². The fraction of sp³-hybridized carbons (Fsp3) is 0.389. The van der Waals surface area contributed by atoms with Crippen LogP contribution >= 0.6 is 0 Å². The molecule has 3 rings (SSSR count). The van der Waals surface area contributed by atoms with Crippen molar-refractivity contribution in [1.29, 1.82) is 0 Å². The molecule has 1 saturated carbocycles. The van der Waals surface area contributed by atoms with Crippen molar-refractivity contribution in [3.8, 4) is 5.75 Å². The van der Waals surface area contributed by atoms with Crippen molar-refractivity contribution < 1.29 is 13.9 Å². The largest absolute Gasteiger partial charge is 0.495 e. The van der Waals surface area contributed by atoms with Crippen LogP contribution in [0.1, 0.15) is 37.7 Å². The molecule has 1 aliphatic rings. The first-order chi connectivity index (χ1) is 11.1. The van der Waals surface area contributed by atoms with E-state index in [4.69, 9.17) is 9.15 Å². The lowest BCUT2D eigenvalue weighted by molar-refractivity contribution is -0.114. The Morgan fingerprint density at radius 1 is 1.35 bits per heavy atom. The zero-order valence-corrected chi connectivity index (χ0v) is 13.7. The van der Waals surface area contributed by atoms with Crippen LogP contribution in [-0.2, 0) is 11.3 Å². The predicted octanol–water partition coefficient (Wildman–Crippen LogP) is 3.98. The number of ether oxygens (including phenoxy) is 1. The predicted molar refractivity (Wildman–Crippen MR) is 89.9 cm³/mol. The number of nitrogens with one attached hydrogen (secondary N) is 2. The summed E-state index contributed by atoms with van der Waals surface area (Å²) in [6, 6.07) is 9.57. The van der Waals surface area contributed by atoms with Crippen LogP contribution in [0.5, 0.6) is 5.75 Å². The summed E-state index contributed by atoms with van der Waals surface area (Å²) in [7, 11) is 1.62. The van der Waals surface area contributed by atoms with Crippen LogP contribution in [0.15, 0.2) is 34.7 Å². The molecule has 5 heteroatoms. The summed E-state index contributed by atoms with van der Waals surface area (Å²) >= 11 is 0. The van der Waals surface area contributed by atoms with Crippen molar-refractivity contribution in [2.24, 2.45) is 5.92 Å². The Labute approximate surface area is 136 Å². The van der Waals surface area contributed by atoms with Gasteiger partial charge in [0.05, 0.1) is 19.3 Å². The second-order valence-electron chi connectivity index (χ2n) is 6.07. The summed E-state index contributed by atoms with van der Waals surface area (Å²) in [4.78, 5) is 11.2. The van der Waals surface area contributed by atoms with Crippen LogP contribution in [-0.4, -0.2) is 13.0 Å². The molecule has 2 aromatic rings. The smallest absolute Gasteiger partial charge is 0.221 e. The zero-order valence-electron chi connectivity index (χ0n) is 13.7. The minimum atomic E-state index is -0.102. The van der Waals surface area contributed by atoms with Gasteiger partial charge < -0.3 is 19.8 Å². The number of methoxy groups -OCH3 is 1. The van der Waals surface area contributed by atoms with Crippen molar-refractivity contribution in [2.45, 2.75) is 32.7 Å². The van der Waals surface area contributed by atoms with Gasteiger partial charge in [0.15, 0.2) is 0 Å². The highest BCUT2D eigenvalue weighted by molar-refractivity contribution is 5.89. The van der Waals surface area contributed by atoms with E-state index in [1.54, 1.807) is 7.11 Å². The van der Waals surface area contributed by atoms with Gasteiger partial charge in [0, 0.05) is 18.5 Å². The van der Waals surface area contributed by atoms with Crippen molar-refractivity contribution in [1.82, 2.24) is 0 Å². The SMILES string of the molecule is COc1ccc(NC(C)=O)cc1NCc1ccc(C2CC2C)o1. The Morgan fingerprint density at radius 2 is 2.13 bits per heavy atom. The van der Waals surface area contributed by atoms with Gasteiger partial charge in [0.2, 0.25) is 5.91 Å². The summed E-state index contributed by atoms with van der Waals surface area (Å²) in [6.07, 6.45) is 1.22. The molecule has 1 fully saturated rings. The van der Waals surface area contributed by atoms with Gasteiger partial charge in [0.25, 0.3) is 0 Å². The van der Waals surface area contributed by atoms with Gasteiger partial charge in [-0.05, 0) is 42.7 Å². The highest BCUT2D eigenvalue weighted by atomic mass is 16.5. The van der Waals surface area contributed by atoms with E-state index in [0.717, 1.165) is 34.6 Å². The number of furan rings is 1. The van der Waals surface area contributed by atoms with Crippen molar-refractivity contribution >= 4 is 17.3 Å². The molecule has 0 bridgehead atoms. The highest BCUT2D eigenvalue weighted by Gasteiger charge is 2.36. The molecule has 23 heavy (non-hydrogen) atoms. The maximum atomic E-state index is 11.2. The average molecular weight is 314 g/mol. The van der Waals surface area contributed by atoms with Gasteiger partial charge in [-0.1, -0.05) is 6.92 Å². The second-order valence-corrected chi connectivity index (χ2v) is 6.07. The summed E-state index contributed by atoms with van der Waals surface area (Å²) in [5, 5.41) is 6.08. The van der Waals surface area contributed by atoms with Crippen molar-refractivity contribution in [3.05, 3.63) is 41.9 Å². The van der Waals surface area contributed by atoms with Crippen molar-refractivity contribution in [2.75, 3.05) is 17.7 Å². The van der Waals surface area contributed by atoms with E-state index in [1.165, 1.54) is 13.3 Å². The maximum Gasteiger partial charge on any atom is 0.221 e. The Hall–Kier alpha value is -2.43. The van der Waals surface area contributed by atoms with E-state index in [9.17, 15) is 4.79 Å². The normalized spacial score (nSPS) is 19.3. The fourth-order valence-electron chi connectivity index (χ4n) is 2.72. The average Bonchev–Trinajstić information content (AvgIpc) is 3.07. The molecule has 0 spiro atoms. The molecule has 1 amide bonds. The first-order valence-corrected chi connectivity index (χ1v) is 7.85. The minimum absolute atomic E-state index is 0.102. The zero-order chi connectivity index (χ0) is 16.4. The van der Waals surface area contributed by atoms with Gasteiger partial charge in [-0.15, -0.1) is 0 Å². The van der Waals surface area contributed by atoms with E-state index < -0.39 is 0 Å². The lowest BCUT2D eigenvalue weighted by atomic mass is 10.2. The van der Waals surface area contributed by atoms with E-state index >= 15 is 0 Å². The van der Waals surface area contributed by atoms with Gasteiger partial charge in [0.1, 0.15) is 17.3 Å². The molecule has 1 aromatic carbocycles. The molecular formula is C18H22N2O3. The Kier molecular flexibility index (Phi) is 4.28.